The van der Waals surface area contributed by atoms with Crippen LogP contribution in [0.4, 0.5) is 0 Å². The molecule has 1 fully saturated rings. The van der Waals surface area contributed by atoms with Gasteiger partial charge in [0, 0.05) is 17.4 Å². The summed E-state index contributed by atoms with van der Waals surface area (Å²) in [5, 5.41) is -0.321. The van der Waals surface area contributed by atoms with Crippen molar-refractivity contribution in [2.75, 3.05) is 19.5 Å². The molecule has 2 atom stereocenters. The number of para-hydroxylation sites is 1. The van der Waals surface area contributed by atoms with Gasteiger partial charge in [-0.2, -0.15) is 0 Å². The summed E-state index contributed by atoms with van der Waals surface area (Å²) >= 11 is 1.54. The van der Waals surface area contributed by atoms with E-state index in [9.17, 15) is 9.59 Å². The first-order valence-electron chi connectivity index (χ1n) is 9.12. The van der Waals surface area contributed by atoms with Crippen LogP contribution in [0.3, 0.4) is 0 Å². The van der Waals surface area contributed by atoms with Crippen molar-refractivity contribution < 1.29 is 19.1 Å². The van der Waals surface area contributed by atoms with E-state index in [1.54, 1.807) is 25.0 Å². The van der Waals surface area contributed by atoms with Crippen LogP contribution in [0.25, 0.3) is 6.08 Å². The Morgan fingerprint density at radius 1 is 1.14 bits per heavy atom. The fourth-order valence-corrected chi connectivity index (χ4v) is 4.57. The van der Waals surface area contributed by atoms with Crippen molar-refractivity contribution in [1.82, 2.24) is 4.90 Å². The zero-order chi connectivity index (χ0) is 19.9. The zero-order valence-electron chi connectivity index (χ0n) is 15.9. The van der Waals surface area contributed by atoms with Crippen LogP contribution in [0.2, 0.25) is 0 Å². The number of benzene rings is 2. The molecule has 6 heteroatoms. The van der Waals surface area contributed by atoms with Gasteiger partial charge in [-0.15, -0.1) is 11.8 Å². The van der Waals surface area contributed by atoms with E-state index < -0.39 is 6.04 Å². The third-order valence-corrected chi connectivity index (χ3v) is 5.74. The molecule has 1 heterocycles. The maximum Gasteiger partial charge on any atom is 0.329 e. The van der Waals surface area contributed by atoms with Gasteiger partial charge in [-0.1, -0.05) is 48.5 Å². The van der Waals surface area contributed by atoms with E-state index in [0.717, 1.165) is 11.1 Å². The molecule has 3 rings (SSSR count). The topological polar surface area (TPSA) is 55.8 Å². The minimum Gasteiger partial charge on any atom is -0.496 e. The summed E-state index contributed by atoms with van der Waals surface area (Å²) < 4.78 is 10.7. The SMILES string of the molecule is CCOC(=O)C1CSC(c2ccccc2OC)N1C(=O)/C=C/c1ccccc1. The Hall–Kier alpha value is -2.73. The van der Waals surface area contributed by atoms with E-state index in [1.165, 1.54) is 17.8 Å². The number of carbonyl (C=O) groups excluding carboxylic acids is 2. The molecule has 0 radical (unpaired) electrons. The number of esters is 1. The number of ether oxygens (including phenoxy) is 2. The summed E-state index contributed by atoms with van der Waals surface area (Å²) in [6.45, 7) is 2.04. The molecule has 1 amide bonds. The van der Waals surface area contributed by atoms with Crippen molar-refractivity contribution in [3.8, 4) is 5.75 Å². The first kappa shape index (κ1) is 20.0. The van der Waals surface area contributed by atoms with E-state index in [0.29, 0.717) is 11.5 Å². The largest absolute Gasteiger partial charge is 0.496 e. The summed E-state index contributed by atoms with van der Waals surface area (Å²) in [6, 6.07) is 16.5. The number of methoxy groups -OCH3 is 1. The van der Waals surface area contributed by atoms with Crippen LogP contribution >= 0.6 is 11.8 Å². The number of hydrogen-bond acceptors (Lipinski definition) is 5. The Morgan fingerprint density at radius 2 is 1.86 bits per heavy atom. The van der Waals surface area contributed by atoms with Crippen LogP contribution in [0.1, 0.15) is 23.4 Å². The summed E-state index contributed by atoms with van der Waals surface area (Å²) in [7, 11) is 1.60. The fourth-order valence-electron chi connectivity index (χ4n) is 3.12. The van der Waals surface area contributed by atoms with Gasteiger partial charge in [0.1, 0.15) is 17.2 Å². The first-order chi connectivity index (χ1) is 13.7. The van der Waals surface area contributed by atoms with E-state index in [1.807, 2.05) is 54.6 Å². The fraction of sp³-hybridized carbons (Fsp3) is 0.273. The van der Waals surface area contributed by atoms with Crippen LogP contribution in [0.5, 0.6) is 5.75 Å². The molecule has 146 valence electrons. The maximum atomic E-state index is 13.1. The number of nitrogens with zero attached hydrogens (tertiary/aromatic N) is 1. The van der Waals surface area contributed by atoms with Crippen molar-refractivity contribution in [1.29, 1.82) is 0 Å². The Labute approximate surface area is 169 Å². The highest BCUT2D eigenvalue weighted by molar-refractivity contribution is 7.99. The molecule has 0 aromatic heterocycles. The molecule has 1 aliphatic rings. The van der Waals surface area contributed by atoms with Crippen molar-refractivity contribution >= 4 is 29.7 Å². The van der Waals surface area contributed by atoms with E-state index >= 15 is 0 Å². The van der Waals surface area contributed by atoms with Crippen molar-refractivity contribution in [3.05, 3.63) is 71.8 Å². The van der Waals surface area contributed by atoms with Gasteiger partial charge < -0.3 is 14.4 Å². The molecule has 2 aromatic rings. The third kappa shape index (κ3) is 4.39. The van der Waals surface area contributed by atoms with Crippen LogP contribution in [-0.2, 0) is 14.3 Å². The molecule has 1 saturated heterocycles. The minimum absolute atomic E-state index is 0.234. The summed E-state index contributed by atoms with van der Waals surface area (Å²) in [4.78, 5) is 27.2. The Bertz CT molecular complexity index is 853. The van der Waals surface area contributed by atoms with Crippen molar-refractivity contribution in [3.63, 3.8) is 0 Å². The second kappa shape index (κ2) is 9.46. The zero-order valence-corrected chi connectivity index (χ0v) is 16.7. The molecule has 1 aliphatic heterocycles. The molecular weight excluding hydrogens is 374 g/mol. The number of carbonyl (C=O) groups is 2. The van der Waals surface area contributed by atoms with Gasteiger partial charge in [0.15, 0.2) is 0 Å². The Kier molecular flexibility index (Phi) is 6.76. The highest BCUT2D eigenvalue weighted by Gasteiger charge is 2.43. The predicted octanol–water partition coefficient (Wildman–Crippen LogP) is 3.91. The molecule has 0 saturated carbocycles. The first-order valence-corrected chi connectivity index (χ1v) is 10.2. The Morgan fingerprint density at radius 3 is 2.57 bits per heavy atom. The number of thioether (sulfide) groups is 1. The monoisotopic (exact) mass is 397 g/mol. The highest BCUT2D eigenvalue weighted by atomic mass is 32.2. The van der Waals surface area contributed by atoms with Crippen molar-refractivity contribution in [2.24, 2.45) is 0 Å². The average molecular weight is 397 g/mol. The van der Waals surface area contributed by atoms with Crippen LogP contribution in [-0.4, -0.2) is 42.3 Å². The van der Waals surface area contributed by atoms with Crippen LogP contribution in [0.15, 0.2) is 60.7 Å². The molecule has 2 aromatic carbocycles. The van der Waals surface area contributed by atoms with Crippen LogP contribution in [0, 0.1) is 0 Å². The molecule has 0 N–H and O–H groups in total. The van der Waals surface area contributed by atoms with Gasteiger partial charge in [-0.25, -0.2) is 4.79 Å². The molecule has 5 nitrogen and oxygen atoms in total. The number of hydrogen-bond donors (Lipinski definition) is 0. The lowest BCUT2D eigenvalue weighted by molar-refractivity contribution is -0.152. The maximum absolute atomic E-state index is 13.1. The van der Waals surface area contributed by atoms with E-state index in [4.69, 9.17) is 9.47 Å². The smallest absolute Gasteiger partial charge is 0.329 e. The lowest BCUT2D eigenvalue weighted by Gasteiger charge is -2.28. The third-order valence-electron chi connectivity index (χ3n) is 4.44. The van der Waals surface area contributed by atoms with Crippen molar-refractivity contribution in [2.45, 2.75) is 18.3 Å². The average Bonchev–Trinajstić information content (AvgIpc) is 3.18. The van der Waals surface area contributed by atoms with Gasteiger partial charge in [-0.05, 0) is 24.6 Å². The second-order valence-electron chi connectivity index (χ2n) is 6.19. The number of amides is 1. The second-order valence-corrected chi connectivity index (χ2v) is 7.30. The van der Waals surface area contributed by atoms with E-state index in [-0.39, 0.29) is 23.9 Å². The predicted molar refractivity (Wildman–Crippen MR) is 111 cm³/mol. The lowest BCUT2D eigenvalue weighted by atomic mass is 10.1. The summed E-state index contributed by atoms with van der Waals surface area (Å²) in [5.74, 6) is 0.554. The molecule has 28 heavy (non-hydrogen) atoms. The quantitative estimate of drug-likeness (QED) is 0.546. The standard InChI is InChI=1S/C22H23NO4S/c1-3-27-22(25)18-15-28-21(17-11-7-8-12-19(17)26-2)23(18)20(24)14-13-16-9-5-4-6-10-16/h4-14,18,21H,3,15H2,1-2H3/b14-13+. The van der Waals surface area contributed by atoms with Crippen LogP contribution < -0.4 is 4.74 Å². The molecular formula is C22H23NO4S. The van der Waals surface area contributed by atoms with E-state index in [2.05, 4.69) is 0 Å². The highest BCUT2D eigenvalue weighted by Crippen LogP contribution is 2.45. The molecule has 0 spiro atoms. The van der Waals surface area contributed by atoms with Gasteiger partial charge in [0.25, 0.3) is 0 Å². The lowest BCUT2D eigenvalue weighted by Crippen LogP contribution is -2.43. The molecule has 0 aliphatic carbocycles. The van der Waals surface area contributed by atoms with Gasteiger partial charge in [-0.3, -0.25) is 4.79 Å². The van der Waals surface area contributed by atoms with Gasteiger partial charge in [0.2, 0.25) is 5.91 Å². The molecule has 2 unspecified atom stereocenters. The van der Waals surface area contributed by atoms with Gasteiger partial charge >= 0.3 is 5.97 Å². The summed E-state index contributed by atoms with van der Waals surface area (Å²) in [5.41, 5.74) is 1.78. The molecule has 0 bridgehead atoms. The normalized spacial score (nSPS) is 19.0. The summed E-state index contributed by atoms with van der Waals surface area (Å²) in [6.07, 6.45) is 3.27. The Balaban J connectivity index is 1.92. The van der Waals surface area contributed by atoms with Gasteiger partial charge in [0.05, 0.1) is 13.7 Å². The number of rotatable bonds is 6. The minimum atomic E-state index is -0.632.